The molecule has 0 aliphatic heterocycles. The zero-order valence-electron chi connectivity index (χ0n) is 6.59. The van der Waals surface area contributed by atoms with Crippen LogP contribution in [-0.4, -0.2) is 23.1 Å². The predicted octanol–water partition coefficient (Wildman–Crippen LogP) is -0.226. The molecule has 0 spiro atoms. The first-order chi connectivity index (χ1) is 5.86. The maximum absolute atomic E-state index is 8.64. The Bertz CT molecular complexity index is 274. The fourth-order valence-electron chi connectivity index (χ4n) is 0.940. The molecule has 0 radical (unpaired) electrons. The van der Waals surface area contributed by atoms with E-state index in [1.807, 2.05) is 22.9 Å². The second kappa shape index (κ2) is 4.46. The second-order valence-electron chi connectivity index (χ2n) is 2.34. The van der Waals surface area contributed by atoms with Crippen molar-refractivity contribution in [3.63, 3.8) is 0 Å². The zero-order valence-corrected chi connectivity index (χ0v) is 6.59. The summed E-state index contributed by atoms with van der Waals surface area (Å²) in [5, 5.41) is 19.8. The van der Waals surface area contributed by atoms with Gasteiger partial charge in [-0.05, 0) is 6.07 Å². The quantitative estimate of drug-likeness (QED) is 0.283. The van der Waals surface area contributed by atoms with Gasteiger partial charge in [0.1, 0.15) is 6.61 Å². The number of nitrogens with zero attached hydrogens (tertiary/aromatic N) is 2. The molecular formula is C8H11N2O2+. The second-order valence-corrected chi connectivity index (χ2v) is 2.34. The Labute approximate surface area is 70.4 Å². The smallest absolute Gasteiger partial charge is 0.177 e. The molecule has 0 unspecified atom stereocenters. The van der Waals surface area contributed by atoms with E-state index >= 15 is 0 Å². The van der Waals surface area contributed by atoms with Gasteiger partial charge in [-0.15, -0.1) is 0 Å². The molecule has 1 aromatic rings. The lowest BCUT2D eigenvalue weighted by Crippen LogP contribution is -2.34. The molecule has 0 aliphatic carbocycles. The summed E-state index contributed by atoms with van der Waals surface area (Å²) >= 11 is 0. The highest BCUT2D eigenvalue weighted by Gasteiger charge is 1.98. The number of aromatic nitrogens is 1. The fourth-order valence-corrected chi connectivity index (χ4v) is 0.940. The molecule has 1 heterocycles. The monoisotopic (exact) mass is 167 g/mol. The highest BCUT2D eigenvalue weighted by molar-refractivity contribution is 5.77. The van der Waals surface area contributed by atoms with Gasteiger partial charge in [0, 0.05) is 6.07 Å². The van der Waals surface area contributed by atoms with E-state index in [0.29, 0.717) is 6.54 Å². The van der Waals surface area contributed by atoms with E-state index in [1.54, 1.807) is 6.20 Å². The van der Waals surface area contributed by atoms with Crippen LogP contribution in [0, 0.1) is 0 Å². The van der Waals surface area contributed by atoms with Crippen molar-refractivity contribution in [1.29, 1.82) is 0 Å². The summed E-state index contributed by atoms with van der Waals surface area (Å²) in [7, 11) is 0. The third-order valence-corrected chi connectivity index (χ3v) is 1.45. The van der Waals surface area contributed by atoms with Crippen molar-refractivity contribution in [2.24, 2.45) is 5.16 Å². The van der Waals surface area contributed by atoms with Gasteiger partial charge in [0.15, 0.2) is 18.9 Å². The van der Waals surface area contributed by atoms with Gasteiger partial charge < -0.3 is 10.3 Å². The van der Waals surface area contributed by atoms with Crippen molar-refractivity contribution in [3.8, 4) is 0 Å². The molecular weight excluding hydrogens is 156 g/mol. The van der Waals surface area contributed by atoms with Crippen LogP contribution in [0.5, 0.6) is 0 Å². The van der Waals surface area contributed by atoms with E-state index in [4.69, 9.17) is 10.3 Å². The minimum absolute atomic E-state index is 0.102. The molecule has 0 fully saturated rings. The standard InChI is InChI=1S/C8H10N2O2/c11-5-4-10-3-1-2-8(7-10)6-9-12/h1-3,6-7,11H,4-5H2/p+1/b9-6+. The number of rotatable bonds is 3. The molecule has 12 heavy (non-hydrogen) atoms. The maximum atomic E-state index is 8.64. The molecule has 0 atom stereocenters. The van der Waals surface area contributed by atoms with Crippen LogP contribution in [-0.2, 0) is 6.54 Å². The third-order valence-electron chi connectivity index (χ3n) is 1.45. The van der Waals surface area contributed by atoms with Crippen LogP contribution in [0.25, 0.3) is 0 Å². The number of aliphatic hydroxyl groups excluding tert-OH is 1. The minimum Gasteiger partial charge on any atom is -0.411 e. The van der Waals surface area contributed by atoms with Crippen LogP contribution in [0.1, 0.15) is 5.56 Å². The van der Waals surface area contributed by atoms with Crippen molar-refractivity contribution < 1.29 is 14.9 Å². The predicted molar refractivity (Wildman–Crippen MR) is 43.1 cm³/mol. The van der Waals surface area contributed by atoms with Gasteiger partial charge in [0.05, 0.1) is 11.8 Å². The Balaban J connectivity index is 2.80. The maximum Gasteiger partial charge on any atom is 0.177 e. The van der Waals surface area contributed by atoms with Crippen LogP contribution in [0.2, 0.25) is 0 Å². The SMILES string of the molecule is OCC[n+]1cccc(/C=N/O)c1. The highest BCUT2D eigenvalue weighted by Crippen LogP contribution is 1.88. The van der Waals surface area contributed by atoms with Crippen molar-refractivity contribution >= 4 is 6.21 Å². The lowest BCUT2D eigenvalue weighted by atomic mass is 10.3. The first kappa shape index (κ1) is 8.67. The topological polar surface area (TPSA) is 56.7 Å². The molecule has 64 valence electrons. The first-order valence-corrected chi connectivity index (χ1v) is 3.64. The Morgan fingerprint density at radius 2 is 2.42 bits per heavy atom. The van der Waals surface area contributed by atoms with Crippen LogP contribution in [0.4, 0.5) is 0 Å². The van der Waals surface area contributed by atoms with Crippen molar-refractivity contribution in [3.05, 3.63) is 30.1 Å². The van der Waals surface area contributed by atoms with Crippen molar-refractivity contribution in [1.82, 2.24) is 0 Å². The lowest BCUT2D eigenvalue weighted by Gasteiger charge is -1.93. The molecule has 0 bridgehead atoms. The number of oxime groups is 1. The van der Waals surface area contributed by atoms with Crippen LogP contribution in [0.3, 0.4) is 0 Å². The molecule has 4 nitrogen and oxygen atoms in total. The Hall–Kier alpha value is -1.42. The molecule has 1 aromatic heterocycles. The number of hydrogen-bond donors (Lipinski definition) is 2. The summed E-state index contributed by atoms with van der Waals surface area (Å²) < 4.78 is 1.82. The molecule has 0 saturated carbocycles. The Morgan fingerprint density at radius 3 is 3.08 bits per heavy atom. The average Bonchev–Trinajstić information content (AvgIpc) is 2.06. The van der Waals surface area contributed by atoms with Crippen LogP contribution in [0.15, 0.2) is 29.7 Å². The molecule has 0 amide bonds. The summed E-state index contributed by atoms with van der Waals surface area (Å²) in [5.74, 6) is 0. The number of pyridine rings is 1. The number of hydrogen-bond acceptors (Lipinski definition) is 3. The molecule has 0 saturated heterocycles. The van der Waals surface area contributed by atoms with Crippen LogP contribution >= 0.6 is 0 Å². The Kier molecular flexibility index (Phi) is 3.22. The van der Waals surface area contributed by atoms with E-state index in [9.17, 15) is 0 Å². The fraction of sp³-hybridized carbons (Fsp3) is 0.250. The van der Waals surface area contributed by atoms with E-state index < -0.39 is 0 Å². The van der Waals surface area contributed by atoms with E-state index in [0.717, 1.165) is 5.56 Å². The van der Waals surface area contributed by atoms with Gasteiger partial charge in [-0.25, -0.2) is 4.57 Å². The van der Waals surface area contributed by atoms with E-state index in [-0.39, 0.29) is 6.61 Å². The largest absolute Gasteiger partial charge is 0.411 e. The van der Waals surface area contributed by atoms with Gasteiger partial charge in [-0.3, -0.25) is 0 Å². The zero-order chi connectivity index (χ0) is 8.81. The summed E-state index contributed by atoms with van der Waals surface area (Å²) in [6.07, 6.45) is 4.97. The average molecular weight is 167 g/mol. The van der Waals surface area contributed by atoms with Gasteiger partial charge in [0.25, 0.3) is 0 Å². The van der Waals surface area contributed by atoms with Gasteiger partial charge in [-0.2, -0.15) is 0 Å². The first-order valence-electron chi connectivity index (χ1n) is 3.64. The van der Waals surface area contributed by atoms with E-state index in [2.05, 4.69) is 5.16 Å². The summed E-state index contributed by atoms with van der Waals surface area (Å²) in [6, 6.07) is 3.64. The minimum atomic E-state index is 0.102. The summed E-state index contributed by atoms with van der Waals surface area (Å²) in [5.41, 5.74) is 0.799. The molecule has 4 heteroatoms. The molecule has 0 aromatic carbocycles. The summed E-state index contributed by atoms with van der Waals surface area (Å²) in [4.78, 5) is 0. The lowest BCUT2D eigenvalue weighted by molar-refractivity contribution is -0.698. The van der Waals surface area contributed by atoms with Gasteiger partial charge >= 0.3 is 0 Å². The number of aliphatic hydroxyl groups is 1. The van der Waals surface area contributed by atoms with E-state index in [1.165, 1.54) is 6.21 Å². The molecule has 2 N–H and O–H groups in total. The van der Waals surface area contributed by atoms with Gasteiger partial charge in [-0.1, -0.05) is 5.16 Å². The van der Waals surface area contributed by atoms with Crippen LogP contribution < -0.4 is 4.57 Å². The Morgan fingerprint density at radius 1 is 1.58 bits per heavy atom. The molecule has 0 aliphatic rings. The third kappa shape index (κ3) is 2.32. The highest BCUT2D eigenvalue weighted by atomic mass is 16.4. The normalized spacial score (nSPS) is 10.8. The van der Waals surface area contributed by atoms with Crippen molar-refractivity contribution in [2.45, 2.75) is 6.54 Å². The summed E-state index contributed by atoms with van der Waals surface area (Å²) in [6.45, 7) is 0.650. The van der Waals surface area contributed by atoms with Crippen molar-refractivity contribution in [2.75, 3.05) is 6.61 Å². The molecule has 1 rings (SSSR count). The van der Waals surface area contributed by atoms with Gasteiger partial charge in [0.2, 0.25) is 0 Å².